The van der Waals surface area contributed by atoms with Gasteiger partial charge in [-0.1, -0.05) is 30.3 Å². The van der Waals surface area contributed by atoms with E-state index in [-0.39, 0.29) is 12.0 Å². The van der Waals surface area contributed by atoms with Crippen molar-refractivity contribution in [2.75, 3.05) is 19.7 Å². The van der Waals surface area contributed by atoms with E-state index in [1.165, 1.54) is 18.4 Å². The largest absolute Gasteiger partial charge is 0.368 e. The summed E-state index contributed by atoms with van der Waals surface area (Å²) in [6.07, 6.45) is 6.50. The first-order valence-electron chi connectivity index (χ1n) is 9.53. The van der Waals surface area contributed by atoms with Gasteiger partial charge in [0.2, 0.25) is 0 Å². The van der Waals surface area contributed by atoms with Crippen LogP contribution in [0.3, 0.4) is 0 Å². The first kappa shape index (κ1) is 16.1. The average molecular weight is 328 g/mol. The highest BCUT2D eigenvalue weighted by Crippen LogP contribution is 2.32. The van der Waals surface area contributed by atoms with E-state index in [9.17, 15) is 4.79 Å². The Balaban J connectivity index is 1.45. The van der Waals surface area contributed by atoms with E-state index in [0.29, 0.717) is 12.1 Å². The number of hydrogen-bond donors (Lipinski definition) is 0. The van der Waals surface area contributed by atoms with Crippen molar-refractivity contribution in [2.45, 2.75) is 63.3 Å². The Bertz CT molecular complexity index is 556. The molecule has 1 aromatic carbocycles. The third-order valence-corrected chi connectivity index (χ3v) is 5.87. The molecular weight excluding hydrogens is 300 g/mol. The van der Waals surface area contributed by atoms with Crippen molar-refractivity contribution in [1.29, 1.82) is 0 Å². The van der Waals surface area contributed by atoms with Crippen LogP contribution in [0.15, 0.2) is 30.3 Å². The van der Waals surface area contributed by atoms with Crippen molar-refractivity contribution in [1.82, 2.24) is 9.80 Å². The number of carbonyl (C=O) groups is 1. The summed E-state index contributed by atoms with van der Waals surface area (Å²) >= 11 is 0. The van der Waals surface area contributed by atoms with Gasteiger partial charge in [0.25, 0.3) is 5.91 Å². The van der Waals surface area contributed by atoms with Gasteiger partial charge in [0.15, 0.2) is 0 Å². The lowest BCUT2D eigenvalue weighted by Gasteiger charge is -2.36. The normalized spacial score (nSPS) is 31.0. The minimum absolute atomic E-state index is 0.172. The molecule has 0 aliphatic carbocycles. The molecule has 0 aromatic heterocycles. The van der Waals surface area contributed by atoms with Crippen LogP contribution in [0.5, 0.6) is 0 Å². The van der Waals surface area contributed by atoms with Crippen molar-refractivity contribution in [3.8, 4) is 0 Å². The third-order valence-electron chi connectivity index (χ3n) is 5.87. The molecule has 4 rings (SSSR count). The fourth-order valence-electron chi connectivity index (χ4n) is 4.73. The second-order valence-electron chi connectivity index (χ2n) is 7.41. The molecular formula is C20H28N2O2. The predicted octanol–water partition coefficient (Wildman–Crippen LogP) is 2.82. The number of hydrogen-bond acceptors (Lipinski definition) is 3. The predicted molar refractivity (Wildman–Crippen MR) is 93.6 cm³/mol. The lowest BCUT2D eigenvalue weighted by Crippen LogP contribution is -2.50. The summed E-state index contributed by atoms with van der Waals surface area (Å²) in [5.41, 5.74) is 1.37. The highest BCUT2D eigenvalue weighted by Gasteiger charge is 2.41. The fourth-order valence-corrected chi connectivity index (χ4v) is 4.73. The first-order chi connectivity index (χ1) is 11.8. The van der Waals surface area contributed by atoms with Gasteiger partial charge in [0, 0.05) is 31.8 Å². The summed E-state index contributed by atoms with van der Waals surface area (Å²) in [5.74, 6) is 0.251. The number of carbonyl (C=O) groups excluding carboxylic acids is 1. The van der Waals surface area contributed by atoms with Crippen molar-refractivity contribution in [3.63, 3.8) is 0 Å². The van der Waals surface area contributed by atoms with Crippen LogP contribution in [0.2, 0.25) is 0 Å². The Morgan fingerprint density at radius 2 is 1.79 bits per heavy atom. The van der Waals surface area contributed by atoms with Crippen molar-refractivity contribution in [3.05, 3.63) is 35.9 Å². The van der Waals surface area contributed by atoms with E-state index in [2.05, 4.69) is 40.1 Å². The molecule has 0 unspecified atom stereocenters. The number of rotatable bonds is 4. The van der Waals surface area contributed by atoms with Gasteiger partial charge in [-0.3, -0.25) is 9.69 Å². The molecule has 0 N–H and O–H groups in total. The number of nitrogens with zero attached hydrogens (tertiary/aromatic N) is 2. The number of likely N-dealkylation sites (tertiary alicyclic amines) is 2. The Labute approximate surface area is 144 Å². The monoisotopic (exact) mass is 328 g/mol. The zero-order valence-electron chi connectivity index (χ0n) is 14.4. The van der Waals surface area contributed by atoms with Crippen molar-refractivity contribution < 1.29 is 9.53 Å². The third kappa shape index (κ3) is 3.22. The van der Waals surface area contributed by atoms with Crippen LogP contribution >= 0.6 is 0 Å². The van der Waals surface area contributed by atoms with Crippen LogP contribution in [0.25, 0.3) is 0 Å². The summed E-state index contributed by atoms with van der Waals surface area (Å²) in [7, 11) is 0. The minimum Gasteiger partial charge on any atom is -0.368 e. The molecule has 24 heavy (non-hydrogen) atoms. The van der Waals surface area contributed by atoms with Crippen LogP contribution < -0.4 is 0 Å². The molecule has 4 heteroatoms. The quantitative estimate of drug-likeness (QED) is 0.852. The molecule has 4 nitrogen and oxygen atoms in total. The molecule has 130 valence electrons. The molecule has 0 saturated carbocycles. The van der Waals surface area contributed by atoms with E-state index in [4.69, 9.17) is 4.74 Å². The van der Waals surface area contributed by atoms with Gasteiger partial charge in [0.1, 0.15) is 6.10 Å². The lowest BCUT2D eigenvalue weighted by molar-refractivity contribution is -0.142. The molecule has 1 aromatic rings. The van der Waals surface area contributed by atoms with Gasteiger partial charge in [-0.25, -0.2) is 0 Å². The zero-order chi connectivity index (χ0) is 16.4. The van der Waals surface area contributed by atoms with Gasteiger partial charge in [-0.05, 0) is 50.6 Å². The molecule has 3 fully saturated rings. The Kier molecular flexibility index (Phi) is 4.86. The summed E-state index contributed by atoms with van der Waals surface area (Å²) in [4.78, 5) is 17.6. The number of ether oxygens (including phenoxy) is 1. The summed E-state index contributed by atoms with van der Waals surface area (Å²) in [5, 5.41) is 0. The molecule has 3 heterocycles. The van der Waals surface area contributed by atoms with Crippen LogP contribution in [-0.2, 0) is 16.1 Å². The summed E-state index contributed by atoms with van der Waals surface area (Å²) in [6.45, 7) is 3.82. The first-order valence-corrected chi connectivity index (χ1v) is 9.53. The number of amides is 1. The van der Waals surface area contributed by atoms with E-state index in [0.717, 1.165) is 51.9 Å². The van der Waals surface area contributed by atoms with Crippen molar-refractivity contribution in [2.24, 2.45) is 0 Å². The summed E-state index contributed by atoms with van der Waals surface area (Å²) in [6, 6.07) is 11.6. The lowest BCUT2D eigenvalue weighted by atomic mass is 10.0. The molecule has 1 amide bonds. The SMILES string of the molecule is O=C([C@@H]1CCCO1)N1CCC[C@@H]1[C@H]1CCCN1Cc1ccccc1. The molecule has 3 saturated heterocycles. The second kappa shape index (κ2) is 7.24. The molecule has 0 bridgehead atoms. The maximum absolute atomic E-state index is 12.9. The zero-order valence-corrected chi connectivity index (χ0v) is 14.4. The molecule has 3 aliphatic rings. The molecule has 3 aliphatic heterocycles. The smallest absolute Gasteiger partial charge is 0.252 e. The Hall–Kier alpha value is -1.39. The van der Waals surface area contributed by atoms with Crippen molar-refractivity contribution >= 4 is 5.91 Å². The number of benzene rings is 1. The van der Waals surface area contributed by atoms with E-state index >= 15 is 0 Å². The minimum atomic E-state index is -0.172. The fraction of sp³-hybridized carbons (Fsp3) is 0.650. The van der Waals surface area contributed by atoms with E-state index in [1.54, 1.807) is 0 Å². The second-order valence-corrected chi connectivity index (χ2v) is 7.41. The van der Waals surface area contributed by atoms with Gasteiger partial charge >= 0.3 is 0 Å². The topological polar surface area (TPSA) is 32.8 Å². The highest BCUT2D eigenvalue weighted by atomic mass is 16.5. The van der Waals surface area contributed by atoms with E-state index < -0.39 is 0 Å². The van der Waals surface area contributed by atoms with Crippen LogP contribution in [0.1, 0.15) is 44.1 Å². The molecule has 0 radical (unpaired) electrons. The molecule has 0 spiro atoms. The maximum atomic E-state index is 12.9. The van der Waals surface area contributed by atoms with Gasteiger partial charge < -0.3 is 9.64 Å². The average Bonchev–Trinajstić information content (AvgIpc) is 3.36. The Morgan fingerprint density at radius 3 is 2.58 bits per heavy atom. The maximum Gasteiger partial charge on any atom is 0.252 e. The molecule has 3 atom stereocenters. The van der Waals surface area contributed by atoms with Gasteiger partial charge in [-0.15, -0.1) is 0 Å². The highest BCUT2D eigenvalue weighted by molar-refractivity contribution is 5.81. The summed E-state index contributed by atoms with van der Waals surface area (Å²) < 4.78 is 5.66. The Morgan fingerprint density at radius 1 is 1.00 bits per heavy atom. The van der Waals surface area contributed by atoms with Gasteiger partial charge in [0.05, 0.1) is 0 Å². The van der Waals surface area contributed by atoms with Crippen LogP contribution in [0.4, 0.5) is 0 Å². The van der Waals surface area contributed by atoms with Crippen LogP contribution in [0, 0.1) is 0 Å². The van der Waals surface area contributed by atoms with Crippen LogP contribution in [-0.4, -0.2) is 53.6 Å². The standard InChI is InChI=1S/C20H28N2O2/c23-20(19-11-6-14-24-19)22-13-5-10-18(22)17-9-4-12-21(17)15-16-7-2-1-3-8-16/h1-3,7-8,17-19H,4-6,9-15H2/t17-,18-,19+/m1/s1. The van der Waals surface area contributed by atoms with E-state index in [1.807, 2.05) is 0 Å². The van der Waals surface area contributed by atoms with Gasteiger partial charge in [-0.2, -0.15) is 0 Å².